The first kappa shape index (κ1) is 17.5. The number of aryl methyl sites for hydroxylation is 1. The molecule has 1 aromatic carbocycles. The lowest BCUT2D eigenvalue weighted by Gasteiger charge is -2.36. The zero-order valence-corrected chi connectivity index (χ0v) is 16.0. The third-order valence-electron chi connectivity index (χ3n) is 4.68. The smallest absolute Gasteiger partial charge is 0.224 e. The third kappa shape index (κ3) is 3.77. The van der Waals surface area contributed by atoms with Crippen molar-refractivity contribution in [2.75, 3.05) is 36.0 Å². The molecule has 4 rings (SSSR count). The fourth-order valence-electron chi connectivity index (χ4n) is 3.29. The normalized spacial score (nSPS) is 14.8. The van der Waals surface area contributed by atoms with E-state index in [1.165, 1.54) is 5.69 Å². The number of rotatable bonds is 4. The Hall–Kier alpha value is -2.96. The fraction of sp³-hybridized carbons (Fsp3) is 0.400. The van der Waals surface area contributed by atoms with E-state index in [4.69, 9.17) is 4.74 Å². The molecule has 7 heteroatoms. The fourth-order valence-corrected chi connectivity index (χ4v) is 3.29. The third-order valence-corrected chi connectivity index (χ3v) is 4.68. The maximum atomic E-state index is 5.86. The Morgan fingerprint density at radius 1 is 0.926 bits per heavy atom. The molecule has 0 spiro atoms. The highest BCUT2D eigenvalue weighted by Gasteiger charge is 2.19. The number of anilines is 2. The van der Waals surface area contributed by atoms with E-state index in [0.717, 1.165) is 48.6 Å². The molecule has 0 saturated carbocycles. The van der Waals surface area contributed by atoms with E-state index >= 15 is 0 Å². The number of ether oxygens (including phenoxy) is 1. The van der Waals surface area contributed by atoms with Gasteiger partial charge in [-0.15, -0.1) is 5.10 Å². The van der Waals surface area contributed by atoms with Gasteiger partial charge in [-0.2, -0.15) is 5.10 Å². The first-order valence-corrected chi connectivity index (χ1v) is 9.32. The summed E-state index contributed by atoms with van der Waals surface area (Å²) in [7, 11) is 0. The van der Waals surface area contributed by atoms with Gasteiger partial charge in [0, 0.05) is 31.9 Å². The van der Waals surface area contributed by atoms with Crippen molar-refractivity contribution in [2.45, 2.75) is 26.9 Å². The van der Waals surface area contributed by atoms with E-state index in [2.05, 4.69) is 42.1 Å². The molecule has 27 heavy (non-hydrogen) atoms. The van der Waals surface area contributed by atoms with Crippen LogP contribution in [0.5, 0.6) is 5.88 Å². The molecule has 0 unspecified atom stereocenters. The number of hydrogen-bond acceptors (Lipinski definition) is 7. The second-order valence-electron chi connectivity index (χ2n) is 7.05. The summed E-state index contributed by atoms with van der Waals surface area (Å²) < 4.78 is 5.86. The predicted octanol–water partition coefficient (Wildman–Crippen LogP) is 2.84. The molecule has 7 nitrogen and oxygen atoms in total. The Bertz CT molecular complexity index is 919. The lowest BCUT2D eigenvalue weighted by Crippen LogP contribution is -2.46. The maximum absolute atomic E-state index is 5.86. The van der Waals surface area contributed by atoms with Crippen LogP contribution in [0.3, 0.4) is 0 Å². The van der Waals surface area contributed by atoms with E-state index in [1.54, 1.807) is 6.33 Å². The van der Waals surface area contributed by atoms with Crippen molar-refractivity contribution in [3.63, 3.8) is 0 Å². The summed E-state index contributed by atoms with van der Waals surface area (Å²) in [6.07, 6.45) is 1.63. The molecule has 1 saturated heterocycles. The molecule has 1 aliphatic rings. The average Bonchev–Trinajstić information content (AvgIpc) is 2.68. The van der Waals surface area contributed by atoms with Gasteiger partial charge in [-0.1, -0.05) is 0 Å². The lowest BCUT2D eigenvalue weighted by molar-refractivity contribution is 0.235. The minimum atomic E-state index is 0.0749. The predicted molar refractivity (Wildman–Crippen MR) is 106 cm³/mol. The summed E-state index contributed by atoms with van der Waals surface area (Å²) in [5.41, 5.74) is 3.01. The number of hydrogen-bond donors (Lipinski definition) is 0. The minimum absolute atomic E-state index is 0.0749. The summed E-state index contributed by atoms with van der Waals surface area (Å²) in [5.74, 6) is 1.59. The number of fused-ring (bicyclic) bond motifs is 1. The Morgan fingerprint density at radius 3 is 2.41 bits per heavy atom. The summed E-state index contributed by atoms with van der Waals surface area (Å²) >= 11 is 0. The molecule has 1 aliphatic heterocycles. The van der Waals surface area contributed by atoms with Crippen molar-refractivity contribution < 1.29 is 4.74 Å². The lowest BCUT2D eigenvalue weighted by atomic mass is 10.2. The Morgan fingerprint density at radius 2 is 1.70 bits per heavy atom. The average molecular weight is 364 g/mol. The largest absolute Gasteiger partial charge is 0.474 e. The molecule has 140 valence electrons. The van der Waals surface area contributed by atoms with Crippen molar-refractivity contribution in [1.82, 2.24) is 20.2 Å². The summed E-state index contributed by atoms with van der Waals surface area (Å²) in [6.45, 7) is 9.64. The molecule has 0 aliphatic carbocycles. The SMILES string of the molecule is Cc1ccc(N2CCN(c3ccc4ncnc(OC(C)C)c4c3)CC2)nn1. The minimum Gasteiger partial charge on any atom is -0.474 e. The van der Waals surface area contributed by atoms with Gasteiger partial charge in [0.15, 0.2) is 5.82 Å². The molecule has 1 fully saturated rings. The zero-order valence-electron chi connectivity index (χ0n) is 16.0. The van der Waals surface area contributed by atoms with Gasteiger partial charge in [0.05, 0.1) is 22.7 Å². The van der Waals surface area contributed by atoms with E-state index in [0.29, 0.717) is 5.88 Å². The molecule has 3 aromatic rings. The summed E-state index contributed by atoms with van der Waals surface area (Å²) in [6, 6.07) is 10.3. The van der Waals surface area contributed by atoms with Crippen molar-refractivity contribution in [3.8, 4) is 5.88 Å². The molecular formula is C20H24N6O. The van der Waals surface area contributed by atoms with Crippen molar-refractivity contribution >= 4 is 22.4 Å². The Balaban J connectivity index is 1.52. The standard InChI is InChI=1S/C20H24N6O/c1-14(2)27-20-17-12-16(5-6-18(17)21-13-22-20)25-8-10-26(11-9-25)19-7-4-15(3)23-24-19/h4-7,12-14H,8-11H2,1-3H3. The number of nitrogens with zero attached hydrogens (tertiary/aromatic N) is 6. The highest BCUT2D eigenvalue weighted by Crippen LogP contribution is 2.28. The maximum Gasteiger partial charge on any atom is 0.224 e. The van der Waals surface area contributed by atoms with Crippen LogP contribution in [0.1, 0.15) is 19.5 Å². The highest BCUT2D eigenvalue weighted by molar-refractivity contribution is 5.86. The van der Waals surface area contributed by atoms with Crippen LogP contribution >= 0.6 is 0 Å². The van der Waals surface area contributed by atoms with Gasteiger partial charge in [-0.05, 0) is 51.1 Å². The highest BCUT2D eigenvalue weighted by atomic mass is 16.5. The van der Waals surface area contributed by atoms with Gasteiger partial charge < -0.3 is 14.5 Å². The van der Waals surface area contributed by atoms with E-state index in [9.17, 15) is 0 Å². The molecule has 3 heterocycles. The van der Waals surface area contributed by atoms with Gasteiger partial charge in [0.2, 0.25) is 5.88 Å². The molecule has 0 atom stereocenters. The van der Waals surface area contributed by atoms with Crippen molar-refractivity contribution in [1.29, 1.82) is 0 Å². The molecule has 0 N–H and O–H groups in total. The van der Waals surface area contributed by atoms with Gasteiger partial charge in [-0.25, -0.2) is 9.97 Å². The molecular weight excluding hydrogens is 340 g/mol. The van der Waals surface area contributed by atoms with Gasteiger partial charge in [0.25, 0.3) is 0 Å². The van der Waals surface area contributed by atoms with Crippen LogP contribution in [0.4, 0.5) is 11.5 Å². The molecule has 2 aromatic heterocycles. The molecule has 0 amide bonds. The van der Waals surface area contributed by atoms with Gasteiger partial charge >= 0.3 is 0 Å². The van der Waals surface area contributed by atoms with Gasteiger partial charge in [0.1, 0.15) is 6.33 Å². The monoisotopic (exact) mass is 364 g/mol. The topological polar surface area (TPSA) is 67.3 Å². The second-order valence-corrected chi connectivity index (χ2v) is 7.05. The quantitative estimate of drug-likeness (QED) is 0.705. The summed E-state index contributed by atoms with van der Waals surface area (Å²) in [4.78, 5) is 13.3. The van der Waals surface area contributed by atoms with E-state index in [-0.39, 0.29) is 6.10 Å². The number of aromatic nitrogens is 4. The second kappa shape index (κ2) is 7.34. The Kier molecular flexibility index (Phi) is 4.75. The molecule has 0 radical (unpaired) electrons. The van der Waals surface area contributed by atoms with Crippen molar-refractivity contribution in [3.05, 3.63) is 42.4 Å². The first-order valence-electron chi connectivity index (χ1n) is 9.32. The van der Waals surface area contributed by atoms with Crippen LogP contribution in [0, 0.1) is 6.92 Å². The van der Waals surface area contributed by atoms with Crippen LogP contribution < -0.4 is 14.5 Å². The number of benzene rings is 1. The number of piperazine rings is 1. The van der Waals surface area contributed by atoms with Crippen LogP contribution in [0.25, 0.3) is 10.9 Å². The molecule has 0 bridgehead atoms. The van der Waals surface area contributed by atoms with Gasteiger partial charge in [-0.3, -0.25) is 0 Å². The van der Waals surface area contributed by atoms with Crippen LogP contribution in [0.2, 0.25) is 0 Å². The Labute approximate surface area is 159 Å². The van der Waals surface area contributed by atoms with E-state index in [1.807, 2.05) is 39.0 Å². The first-order chi connectivity index (χ1) is 13.1. The zero-order chi connectivity index (χ0) is 18.8. The van der Waals surface area contributed by atoms with Crippen molar-refractivity contribution in [2.24, 2.45) is 0 Å². The summed E-state index contributed by atoms with van der Waals surface area (Å²) in [5, 5.41) is 9.42. The van der Waals surface area contributed by atoms with Crippen LogP contribution in [-0.2, 0) is 0 Å². The van der Waals surface area contributed by atoms with Crippen LogP contribution in [-0.4, -0.2) is 52.4 Å². The van der Waals surface area contributed by atoms with Crippen LogP contribution in [0.15, 0.2) is 36.7 Å². The van der Waals surface area contributed by atoms with E-state index < -0.39 is 0 Å².